The van der Waals surface area contributed by atoms with Crippen LogP contribution < -0.4 is 5.32 Å². The van der Waals surface area contributed by atoms with Crippen molar-refractivity contribution < 1.29 is 49.3 Å². The summed E-state index contributed by atoms with van der Waals surface area (Å²) in [5.41, 5.74) is 0. The summed E-state index contributed by atoms with van der Waals surface area (Å²) in [6, 6.07) is -0.826. The molecule has 1 aliphatic heterocycles. The Kier molecular flexibility index (Phi) is 42.9. The first kappa shape index (κ1) is 62.2. The number of aliphatic hydroxyl groups excluding tert-OH is 5. The van der Waals surface area contributed by atoms with Gasteiger partial charge >= 0.3 is 5.97 Å². The van der Waals surface area contributed by atoms with E-state index in [1.807, 2.05) is 6.08 Å². The Bertz CT molecular complexity index is 1150. The smallest absolute Gasteiger partial charge is 0.305 e. The molecule has 1 fully saturated rings. The van der Waals surface area contributed by atoms with Crippen LogP contribution in [0.4, 0.5) is 0 Å². The van der Waals surface area contributed by atoms with Gasteiger partial charge in [0.1, 0.15) is 24.4 Å². The van der Waals surface area contributed by atoms with Gasteiger partial charge in [-0.25, -0.2) is 0 Å². The number of unbranched alkanes of at least 4 members (excludes halogenated alkanes) is 31. The van der Waals surface area contributed by atoms with Crippen molar-refractivity contribution in [1.82, 2.24) is 5.32 Å². The lowest BCUT2D eigenvalue weighted by molar-refractivity contribution is -0.302. The molecule has 11 heteroatoms. The number of rotatable bonds is 47. The van der Waals surface area contributed by atoms with Crippen LogP contribution in [0.5, 0.6) is 0 Å². The van der Waals surface area contributed by atoms with Crippen molar-refractivity contribution in [3.05, 3.63) is 24.3 Å². The minimum Gasteiger partial charge on any atom is -0.466 e. The van der Waals surface area contributed by atoms with Gasteiger partial charge < -0.3 is 45.1 Å². The highest BCUT2D eigenvalue weighted by Crippen LogP contribution is 2.23. The standard InChI is InChI=1S/C55H103NO10/c1-3-5-7-9-11-13-14-15-16-17-18-19-23-27-31-35-39-43-51(60)64-44-40-36-32-28-24-21-20-22-26-30-34-38-42-50(59)56-47(48(58)41-37-33-29-25-12-10-8-6-4-2)46-65-55-54(63)53(62)52(61)49(45-57)66-55/h21,24,37,41,47-49,52-55,57-58,61-63H,3-20,22-23,25-36,38-40,42-46H2,1-2H3,(H,56,59)/b24-21-,41-37+. The van der Waals surface area contributed by atoms with E-state index in [-0.39, 0.29) is 18.5 Å². The highest BCUT2D eigenvalue weighted by atomic mass is 16.7. The van der Waals surface area contributed by atoms with Gasteiger partial charge in [0, 0.05) is 12.8 Å². The maximum atomic E-state index is 13.0. The van der Waals surface area contributed by atoms with Crippen molar-refractivity contribution in [3.63, 3.8) is 0 Å². The number of carbonyl (C=O) groups is 2. The molecule has 1 rings (SSSR count). The molecule has 0 aliphatic carbocycles. The van der Waals surface area contributed by atoms with Gasteiger partial charge in [0.25, 0.3) is 0 Å². The van der Waals surface area contributed by atoms with Crippen LogP contribution in [0.25, 0.3) is 0 Å². The van der Waals surface area contributed by atoms with E-state index in [4.69, 9.17) is 14.2 Å². The van der Waals surface area contributed by atoms with Gasteiger partial charge in [-0.15, -0.1) is 0 Å². The number of carbonyl (C=O) groups excluding carboxylic acids is 2. The number of hydrogen-bond donors (Lipinski definition) is 6. The maximum absolute atomic E-state index is 13.0. The first-order valence-corrected chi connectivity index (χ1v) is 27.6. The summed E-state index contributed by atoms with van der Waals surface area (Å²) in [5, 5.41) is 54.1. The van der Waals surface area contributed by atoms with Crippen LogP contribution in [0.15, 0.2) is 24.3 Å². The molecule has 388 valence electrons. The Balaban J connectivity index is 2.10. The monoisotopic (exact) mass is 938 g/mol. The predicted molar refractivity (Wildman–Crippen MR) is 269 cm³/mol. The van der Waals surface area contributed by atoms with Crippen LogP contribution in [0.3, 0.4) is 0 Å². The van der Waals surface area contributed by atoms with E-state index in [9.17, 15) is 35.1 Å². The number of aliphatic hydroxyl groups is 5. The van der Waals surface area contributed by atoms with Gasteiger partial charge in [-0.1, -0.05) is 199 Å². The summed E-state index contributed by atoms with van der Waals surface area (Å²) in [4.78, 5) is 25.1. The highest BCUT2D eigenvalue weighted by Gasteiger charge is 2.44. The zero-order valence-corrected chi connectivity index (χ0v) is 42.4. The van der Waals surface area contributed by atoms with E-state index in [1.54, 1.807) is 6.08 Å². The van der Waals surface area contributed by atoms with Gasteiger partial charge in [0.15, 0.2) is 6.29 Å². The number of esters is 1. The maximum Gasteiger partial charge on any atom is 0.305 e. The number of hydrogen-bond acceptors (Lipinski definition) is 10. The minimum atomic E-state index is -1.58. The Morgan fingerprint density at radius 3 is 1.45 bits per heavy atom. The fourth-order valence-corrected chi connectivity index (χ4v) is 8.60. The topological polar surface area (TPSA) is 175 Å². The lowest BCUT2D eigenvalue weighted by atomic mass is 9.99. The summed E-state index contributed by atoms with van der Waals surface area (Å²) in [5.74, 6) is -0.253. The summed E-state index contributed by atoms with van der Waals surface area (Å²) in [6.45, 7) is 4.23. The van der Waals surface area contributed by atoms with E-state index >= 15 is 0 Å². The molecule has 0 saturated carbocycles. The largest absolute Gasteiger partial charge is 0.466 e. The van der Waals surface area contributed by atoms with Gasteiger partial charge in [0.05, 0.1) is 32.0 Å². The normalized spacial score (nSPS) is 19.8. The number of ether oxygens (including phenoxy) is 3. The fourth-order valence-electron chi connectivity index (χ4n) is 8.60. The Morgan fingerprint density at radius 2 is 0.970 bits per heavy atom. The fraction of sp³-hybridized carbons (Fsp3) is 0.891. The van der Waals surface area contributed by atoms with Gasteiger partial charge in [0.2, 0.25) is 5.91 Å². The molecule has 0 aromatic rings. The zero-order chi connectivity index (χ0) is 48.1. The molecule has 1 heterocycles. The molecular formula is C55H103NO10. The van der Waals surface area contributed by atoms with Crippen LogP contribution in [-0.2, 0) is 23.8 Å². The average molecular weight is 938 g/mol. The van der Waals surface area contributed by atoms with E-state index < -0.39 is 49.5 Å². The second-order valence-electron chi connectivity index (χ2n) is 19.3. The van der Waals surface area contributed by atoms with Gasteiger partial charge in [-0.2, -0.15) is 0 Å². The molecule has 0 spiro atoms. The van der Waals surface area contributed by atoms with Crippen LogP contribution in [0.2, 0.25) is 0 Å². The summed E-state index contributed by atoms with van der Waals surface area (Å²) >= 11 is 0. The summed E-state index contributed by atoms with van der Waals surface area (Å²) < 4.78 is 16.6. The molecular weight excluding hydrogens is 835 g/mol. The van der Waals surface area contributed by atoms with Crippen molar-refractivity contribution in [2.24, 2.45) is 0 Å². The quantitative estimate of drug-likeness (QED) is 0.0196. The minimum absolute atomic E-state index is 0.0433. The summed E-state index contributed by atoms with van der Waals surface area (Å²) in [7, 11) is 0. The molecule has 7 atom stereocenters. The Hall–Kier alpha value is -1.86. The third kappa shape index (κ3) is 35.3. The molecule has 0 radical (unpaired) electrons. The molecule has 66 heavy (non-hydrogen) atoms. The molecule has 0 bridgehead atoms. The Labute approximate surface area is 403 Å². The third-order valence-electron chi connectivity index (χ3n) is 13.1. The van der Waals surface area contributed by atoms with Crippen molar-refractivity contribution in [2.45, 2.75) is 294 Å². The third-order valence-corrected chi connectivity index (χ3v) is 13.1. The highest BCUT2D eigenvalue weighted by molar-refractivity contribution is 5.76. The van der Waals surface area contributed by atoms with E-state index in [0.29, 0.717) is 19.4 Å². The Morgan fingerprint density at radius 1 is 0.545 bits per heavy atom. The van der Waals surface area contributed by atoms with Crippen LogP contribution in [0.1, 0.15) is 251 Å². The number of amides is 1. The molecule has 0 aromatic carbocycles. The van der Waals surface area contributed by atoms with E-state index in [0.717, 1.165) is 96.3 Å². The second kappa shape index (κ2) is 45.6. The molecule has 0 aromatic heterocycles. The van der Waals surface area contributed by atoms with Gasteiger partial charge in [-0.3, -0.25) is 9.59 Å². The molecule has 1 saturated heterocycles. The van der Waals surface area contributed by atoms with Crippen molar-refractivity contribution in [3.8, 4) is 0 Å². The first-order valence-electron chi connectivity index (χ1n) is 27.6. The van der Waals surface area contributed by atoms with E-state index in [2.05, 4.69) is 31.3 Å². The second-order valence-corrected chi connectivity index (χ2v) is 19.3. The first-order chi connectivity index (χ1) is 32.2. The lowest BCUT2D eigenvalue weighted by Crippen LogP contribution is -2.60. The van der Waals surface area contributed by atoms with Crippen LogP contribution in [0, 0.1) is 0 Å². The lowest BCUT2D eigenvalue weighted by Gasteiger charge is -2.40. The van der Waals surface area contributed by atoms with E-state index in [1.165, 1.54) is 128 Å². The van der Waals surface area contributed by atoms with Crippen LogP contribution >= 0.6 is 0 Å². The summed E-state index contributed by atoms with van der Waals surface area (Å²) in [6.07, 6.45) is 42.7. The average Bonchev–Trinajstić information content (AvgIpc) is 3.31. The van der Waals surface area contributed by atoms with Crippen molar-refractivity contribution >= 4 is 11.9 Å². The number of allylic oxidation sites excluding steroid dienone is 3. The zero-order valence-electron chi connectivity index (χ0n) is 42.4. The molecule has 1 amide bonds. The molecule has 6 N–H and O–H groups in total. The van der Waals surface area contributed by atoms with Crippen molar-refractivity contribution in [2.75, 3.05) is 19.8 Å². The molecule has 11 nitrogen and oxygen atoms in total. The van der Waals surface area contributed by atoms with Gasteiger partial charge in [-0.05, 0) is 64.2 Å². The molecule has 1 aliphatic rings. The SMILES string of the molecule is CCCCCCCCC/C=C/C(O)C(COC1OC(CO)C(O)C(O)C1O)NC(=O)CCCCCCC/C=C\CCCCCOC(=O)CCCCCCCCCCCCCCCCCCC. The van der Waals surface area contributed by atoms with Crippen LogP contribution in [-0.4, -0.2) is 100 Å². The van der Waals surface area contributed by atoms with Crippen molar-refractivity contribution in [1.29, 1.82) is 0 Å². The number of nitrogens with one attached hydrogen (secondary N) is 1. The molecule has 7 unspecified atom stereocenters. The predicted octanol–water partition coefficient (Wildman–Crippen LogP) is 11.8.